The van der Waals surface area contributed by atoms with Gasteiger partial charge in [0, 0.05) is 33.7 Å². The van der Waals surface area contributed by atoms with Gasteiger partial charge in [-0.15, -0.1) is 0 Å². The van der Waals surface area contributed by atoms with Crippen molar-refractivity contribution in [2.45, 2.75) is 24.5 Å². The first-order chi connectivity index (χ1) is 12.8. The topological polar surface area (TPSA) is 82.9 Å². The first-order valence-corrected chi connectivity index (χ1v) is 10.4. The summed E-state index contributed by atoms with van der Waals surface area (Å²) in [4.78, 5) is 14.8. The molecule has 1 atom stereocenters. The van der Waals surface area contributed by atoms with Gasteiger partial charge in [0.25, 0.3) is 15.9 Å². The summed E-state index contributed by atoms with van der Waals surface area (Å²) < 4.78 is 30.8. The highest BCUT2D eigenvalue weighted by molar-refractivity contribution is 7.88. The maximum atomic E-state index is 13.0. The highest BCUT2D eigenvalue weighted by atomic mass is 32.2. The van der Waals surface area contributed by atoms with E-state index in [1.165, 1.54) is 31.8 Å². The van der Waals surface area contributed by atoms with E-state index in [-0.39, 0.29) is 22.8 Å². The number of aryl methyl sites for hydroxylation is 1. The van der Waals surface area contributed by atoms with Crippen molar-refractivity contribution in [2.75, 3.05) is 33.7 Å². The molecule has 1 unspecified atom stereocenters. The normalized spacial score (nSPS) is 18.1. The summed E-state index contributed by atoms with van der Waals surface area (Å²) in [5.41, 5.74) is 2.28. The smallest absolute Gasteiger partial charge is 0.290 e. The Bertz CT molecular complexity index is 903. The van der Waals surface area contributed by atoms with Crippen LogP contribution in [0.3, 0.4) is 0 Å². The van der Waals surface area contributed by atoms with Gasteiger partial charge in [-0.3, -0.25) is 4.79 Å². The molecule has 146 valence electrons. The number of nitrogens with one attached hydrogen (secondary N) is 1. The van der Waals surface area contributed by atoms with Crippen LogP contribution in [0.2, 0.25) is 0 Å². The molecule has 2 heterocycles. The lowest BCUT2D eigenvalue weighted by Crippen LogP contribution is -2.48. The molecule has 1 N–H and O–H groups in total. The lowest BCUT2D eigenvalue weighted by Gasteiger charge is -2.36. The number of rotatable bonds is 5. The Morgan fingerprint density at radius 2 is 1.93 bits per heavy atom. The van der Waals surface area contributed by atoms with Crippen molar-refractivity contribution in [3.8, 4) is 0 Å². The molecule has 0 spiro atoms. The highest BCUT2D eigenvalue weighted by Gasteiger charge is 2.31. The standard InChI is InChI=1S/C19H25N3O4S/c1-4-14-5-7-15(8-6-14)16-13-20-11-12-22(16)19(23)17-9-10-18(26-17)27(24,25)21(2)3/h5-10,16,20H,4,11-13H2,1-3H3. The van der Waals surface area contributed by atoms with Crippen LogP contribution in [0.4, 0.5) is 0 Å². The van der Waals surface area contributed by atoms with Gasteiger partial charge < -0.3 is 14.6 Å². The quantitative estimate of drug-likeness (QED) is 0.841. The zero-order chi connectivity index (χ0) is 19.6. The zero-order valence-corrected chi connectivity index (χ0v) is 16.6. The number of hydrogen-bond acceptors (Lipinski definition) is 5. The molecule has 0 aliphatic carbocycles. The molecule has 2 aromatic rings. The summed E-state index contributed by atoms with van der Waals surface area (Å²) in [6.07, 6.45) is 0.960. The Morgan fingerprint density at radius 1 is 1.22 bits per heavy atom. The second kappa shape index (κ2) is 7.84. The monoisotopic (exact) mass is 391 g/mol. The molecule has 1 aromatic carbocycles. The Morgan fingerprint density at radius 3 is 2.56 bits per heavy atom. The molecule has 1 aliphatic heterocycles. The lowest BCUT2D eigenvalue weighted by atomic mass is 10.0. The molecule has 1 saturated heterocycles. The van der Waals surface area contributed by atoms with Crippen LogP contribution in [0.5, 0.6) is 0 Å². The van der Waals surface area contributed by atoms with Gasteiger partial charge in [-0.1, -0.05) is 31.2 Å². The van der Waals surface area contributed by atoms with Gasteiger partial charge in [0.2, 0.25) is 5.09 Å². The number of furan rings is 1. The van der Waals surface area contributed by atoms with Crippen LogP contribution in [-0.2, 0) is 16.4 Å². The minimum absolute atomic E-state index is 0.0347. The Hall–Kier alpha value is -2.16. The molecule has 0 bridgehead atoms. The van der Waals surface area contributed by atoms with E-state index in [0.717, 1.165) is 16.3 Å². The van der Waals surface area contributed by atoms with Crippen LogP contribution in [0.25, 0.3) is 0 Å². The molecule has 1 fully saturated rings. The van der Waals surface area contributed by atoms with Gasteiger partial charge in [0.15, 0.2) is 5.76 Å². The number of hydrogen-bond donors (Lipinski definition) is 1. The summed E-state index contributed by atoms with van der Waals surface area (Å²) in [5.74, 6) is -0.270. The van der Waals surface area contributed by atoms with Crippen molar-refractivity contribution >= 4 is 15.9 Å². The summed E-state index contributed by atoms with van der Waals surface area (Å²) in [6.45, 7) is 3.94. The second-order valence-corrected chi connectivity index (χ2v) is 8.80. The number of benzene rings is 1. The third kappa shape index (κ3) is 3.92. The third-order valence-electron chi connectivity index (χ3n) is 4.80. The van der Waals surface area contributed by atoms with Crippen LogP contribution < -0.4 is 5.32 Å². The molecule has 0 saturated carbocycles. The molecule has 3 rings (SSSR count). The molecule has 1 aliphatic rings. The van der Waals surface area contributed by atoms with Crippen LogP contribution in [0.15, 0.2) is 45.9 Å². The molecule has 7 nitrogen and oxygen atoms in total. The van der Waals surface area contributed by atoms with E-state index >= 15 is 0 Å². The first kappa shape index (κ1) is 19.6. The van der Waals surface area contributed by atoms with Crippen LogP contribution >= 0.6 is 0 Å². The average molecular weight is 391 g/mol. The molecule has 0 radical (unpaired) electrons. The molecular formula is C19H25N3O4S. The maximum absolute atomic E-state index is 13.0. The van der Waals surface area contributed by atoms with Gasteiger partial charge in [-0.05, 0) is 29.7 Å². The summed E-state index contributed by atoms with van der Waals surface area (Å²) >= 11 is 0. The highest BCUT2D eigenvalue weighted by Crippen LogP contribution is 2.26. The van der Waals surface area contributed by atoms with E-state index < -0.39 is 10.0 Å². The number of nitrogens with zero attached hydrogens (tertiary/aromatic N) is 2. The van der Waals surface area contributed by atoms with E-state index in [1.54, 1.807) is 4.90 Å². The van der Waals surface area contributed by atoms with Crippen molar-refractivity contribution in [1.82, 2.24) is 14.5 Å². The van der Waals surface area contributed by atoms with Gasteiger partial charge in [0.05, 0.1) is 6.04 Å². The van der Waals surface area contributed by atoms with E-state index in [1.807, 2.05) is 12.1 Å². The van der Waals surface area contributed by atoms with Gasteiger partial charge >= 0.3 is 0 Å². The molecular weight excluding hydrogens is 366 g/mol. The number of carbonyl (C=O) groups is 1. The number of carbonyl (C=O) groups excluding carboxylic acids is 1. The van der Waals surface area contributed by atoms with E-state index in [2.05, 4.69) is 24.4 Å². The molecule has 27 heavy (non-hydrogen) atoms. The zero-order valence-electron chi connectivity index (χ0n) is 15.8. The van der Waals surface area contributed by atoms with Crippen molar-refractivity contribution in [3.05, 3.63) is 53.3 Å². The predicted molar refractivity (Wildman–Crippen MR) is 102 cm³/mol. The molecule has 8 heteroatoms. The molecule has 1 amide bonds. The van der Waals surface area contributed by atoms with E-state index in [9.17, 15) is 13.2 Å². The summed E-state index contributed by atoms with van der Waals surface area (Å²) in [6, 6.07) is 10.9. The Balaban J connectivity index is 1.86. The van der Waals surface area contributed by atoms with E-state index in [0.29, 0.717) is 19.6 Å². The van der Waals surface area contributed by atoms with Gasteiger partial charge in [-0.25, -0.2) is 12.7 Å². The largest absolute Gasteiger partial charge is 0.438 e. The summed E-state index contributed by atoms with van der Waals surface area (Å²) in [5, 5.41) is 3.09. The number of sulfonamides is 1. The minimum Gasteiger partial charge on any atom is -0.438 e. The molecule has 1 aromatic heterocycles. The SMILES string of the molecule is CCc1ccc(C2CNCCN2C(=O)c2ccc(S(=O)(=O)N(C)C)o2)cc1. The van der Waals surface area contributed by atoms with Crippen LogP contribution in [-0.4, -0.2) is 57.3 Å². The van der Waals surface area contributed by atoms with Crippen molar-refractivity contribution < 1.29 is 17.6 Å². The Labute approximate surface area is 160 Å². The van der Waals surface area contributed by atoms with Crippen molar-refractivity contribution in [1.29, 1.82) is 0 Å². The average Bonchev–Trinajstić information content (AvgIpc) is 3.18. The van der Waals surface area contributed by atoms with Gasteiger partial charge in [-0.2, -0.15) is 0 Å². The first-order valence-electron chi connectivity index (χ1n) is 8.97. The summed E-state index contributed by atoms with van der Waals surface area (Å²) in [7, 11) is -0.866. The lowest BCUT2D eigenvalue weighted by molar-refractivity contribution is 0.0596. The maximum Gasteiger partial charge on any atom is 0.290 e. The fourth-order valence-electron chi connectivity index (χ4n) is 3.12. The number of amides is 1. The minimum atomic E-state index is -3.71. The Kier molecular flexibility index (Phi) is 5.69. The fraction of sp³-hybridized carbons (Fsp3) is 0.421. The van der Waals surface area contributed by atoms with Gasteiger partial charge in [0.1, 0.15) is 0 Å². The van der Waals surface area contributed by atoms with Crippen LogP contribution in [0, 0.1) is 0 Å². The van der Waals surface area contributed by atoms with Crippen LogP contribution in [0.1, 0.15) is 34.6 Å². The number of piperazine rings is 1. The van der Waals surface area contributed by atoms with Crippen molar-refractivity contribution in [3.63, 3.8) is 0 Å². The third-order valence-corrected chi connectivity index (χ3v) is 6.49. The van der Waals surface area contributed by atoms with E-state index in [4.69, 9.17) is 4.42 Å². The fourth-order valence-corrected chi connectivity index (χ4v) is 3.91. The second-order valence-electron chi connectivity index (χ2n) is 6.72. The predicted octanol–water partition coefficient (Wildman–Crippen LogP) is 1.88. The van der Waals surface area contributed by atoms with Crippen molar-refractivity contribution in [2.24, 2.45) is 0 Å².